The minimum absolute atomic E-state index is 0.0225. The van der Waals surface area contributed by atoms with E-state index in [2.05, 4.69) is 21.9 Å². The number of rotatable bonds is 1. The van der Waals surface area contributed by atoms with Gasteiger partial charge in [0.15, 0.2) is 11.5 Å². The quantitative estimate of drug-likeness (QED) is 0.777. The normalized spacial score (nSPS) is 25.3. The van der Waals surface area contributed by atoms with Gasteiger partial charge in [-0.25, -0.2) is 15.0 Å². The summed E-state index contributed by atoms with van der Waals surface area (Å²) in [4.78, 5) is 12.3. The second kappa shape index (κ2) is 3.41. The van der Waals surface area contributed by atoms with Crippen molar-refractivity contribution in [2.45, 2.75) is 32.1 Å². The first-order chi connectivity index (χ1) is 7.75. The Morgan fingerprint density at radius 1 is 1.38 bits per heavy atom. The summed E-state index contributed by atoms with van der Waals surface area (Å²) < 4.78 is 7.70. The molecule has 6 nitrogen and oxygen atoms in total. The lowest BCUT2D eigenvalue weighted by molar-refractivity contribution is 0.0131. The van der Waals surface area contributed by atoms with E-state index in [-0.39, 0.29) is 6.23 Å². The fourth-order valence-corrected chi connectivity index (χ4v) is 2.07. The standard InChI is InChI=1S/C10H13N5O/c1-6-2-3-7(16-6)15-5-14-8-9(11)12-4-13-10(8)15/h4-7H,2-3H2,1H3,(H2,11,12,13)/t6-,7-/m1/s1. The third-order valence-electron chi connectivity index (χ3n) is 2.91. The maximum atomic E-state index is 5.78. The summed E-state index contributed by atoms with van der Waals surface area (Å²) in [5, 5.41) is 0. The molecule has 0 saturated carbocycles. The first kappa shape index (κ1) is 9.53. The Balaban J connectivity index is 2.08. The molecule has 3 rings (SSSR count). The first-order valence-electron chi connectivity index (χ1n) is 5.34. The molecule has 2 atom stereocenters. The second-order valence-corrected chi connectivity index (χ2v) is 4.06. The lowest BCUT2D eigenvalue weighted by Gasteiger charge is -2.12. The van der Waals surface area contributed by atoms with Crippen molar-refractivity contribution in [3.63, 3.8) is 0 Å². The minimum Gasteiger partial charge on any atom is -0.382 e. The molecule has 2 N–H and O–H groups in total. The van der Waals surface area contributed by atoms with E-state index < -0.39 is 0 Å². The molecule has 2 aromatic heterocycles. The number of fused-ring (bicyclic) bond motifs is 1. The van der Waals surface area contributed by atoms with Crippen LogP contribution in [-0.2, 0) is 4.74 Å². The largest absolute Gasteiger partial charge is 0.382 e. The summed E-state index contributed by atoms with van der Waals surface area (Å²) in [5.74, 6) is 0.412. The number of ether oxygens (including phenoxy) is 1. The van der Waals surface area contributed by atoms with E-state index >= 15 is 0 Å². The average Bonchev–Trinajstić information content (AvgIpc) is 2.84. The van der Waals surface area contributed by atoms with Gasteiger partial charge in [-0.15, -0.1) is 0 Å². The van der Waals surface area contributed by atoms with Crippen LogP contribution in [-0.4, -0.2) is 25.6 Å². The molecule has 0 aromatic carbocycles. The Morgan fingerprint density at radius 3 is 3.00 bits per heavy atom. The molecule has 0 radical (unpaired) electrons. The van der Waals surface area contributed by atoms with Gasteiger partial charge in [-0.2, -0.15) is 0 Å². The van der Waals surface area contributed by atoms with Crippen LogP contribution in [0.5, 0.6) is 0 Å². The molecule has 3 heterocycles. The summed E-state index contributed by atoms with van der Waals surface area (Å²) in [6.45, 7) is 2.07. The highest BCUT2D eigenvalue weighted by molar-refractivity contribution is 5.81. The lowest BCUT2D eigenvalue weighted by Crippen LogP contribution is -2.09. The number of anilines is 1. The van der Waals surface area contributed by atoms with Crippen LogP contribution in [0.4, 0.5) is 5.82 Å². The molecular formula is C10H13N5O. The number of nitrogen functional groups attached to an aromatic ring is 1. The molecule has 16 heavy (non-hydrogen) atoms. The molecular weight excluding hydrogens is 206 g/mol. The Morgan fingerprint density at radius 2 is 2.25 bits per heavy atom. The van der Waals surface area contributed by atoms with Crippen molar-refractivity contribution in [1.29, 1.82) is 0 Å². The van der Waals surface area contributed by atoms with Gasteiger partial charge in [0.1, 0.15) is 18.1 Å². The van der Waals surface area contributed by atoms with Crippen molar-refractivity contribution in [3.8, 4) is 0 Å². The van der Waals surface area contributed by atoms with Gasteiger partial charge in [0, 0.05) is 0 Å². The van der Waals surface area contributed by atoms with E-state index in [0.29, 0.717) is 17.4 Å². The van der Waals surface area contributed by atoms with Crippen molar-refractivity contribution in [3.05, 3.63) is 12.7 Å². The van der Waals surface area contributed by atoms with Gasteiger partial charge in [0.05, 0.1) is 12.4 Å². The average molecular weight is 219 g/mol. The van der Waals surface area contributed by atoms with Crippen LogP contribution in [0.15, 0.2) is 12.7 Å². The molecule has 0 amide bonds. The van der Waals surface area contributed by atoms with Crippen molar-refractivity contribution < 1.29 is 4.74 Å². The number of hydrogen-bond acceptors (Lipinski definition) is 5. The van der Waals surface area contributed by atoms with Crippen molar-refractivity contribution in [2.75, 3.05) is 5.73 Å². The van der Waals surface area contributed by atoms with Crippen LogP contribution in [0.25, 0.3) is 11.2 Å². The molecule has 1 fully saturated rings. The van der Waals surface area contributed by atoms with Gasteiger partial charge >= 0.3 is 0 Å². The third kappa shape index (κ3) is 1.34. The van der Waals surface area contributed by atoms with Crippen molar-refractivity contribution in [1.82, 2.24) is 19.5 Å². The molecule has 1 saturated heterocycles. The van der Waals surface area contributed by atoms with E-state index in [0.717, 1.165) is 18.5 Å². The molecule has 6 heteroatoms. The van der Waals surface area contributed by atoms with Crippen molar-refractivity contribution in [2.24, 2.45) is 0 Å². The summed E-state index contributed by atoms with van der Waals surface area (Å²) in [6, 6.07) is 0. The molecule has 1 aliphatic heterocycles. The summed E-state index contributed by atoms with van der Waals surface area (Å²) in [7, 11) is 0. The Labute approximate surface area is 92.5 Å². The number of nitrogens with two attached hydrogens (primary N) is 1. The van der Waals surface area contributed by atoms with Gasteiger partial charge in [0.25, 0.3) is 0 Å². The second-order valence-electron chi connectivity index (χ2n) is 4.06. The zero-order chi connectivity index (χ0) is 11.1. The molecule has 84 valence electrons. The Kier molecular flexibility index (Phi) is 2.03. The highest BCUT2D eigenvalue weighted by Gasteiger charge is 2.25. The number of hydrogen-bond donors (Lipinski definition) is 1. The van der Waals surface area contributed by atoms with E-state index in [1.165, 1.54) is 6.33 Å². The third-order valence-corrected chi connectivity index (χ3v) is 2.91. The molecule has 2 aromatic rings. The zero-order valence-corrected chi connectivity index (χ0v) is 9.00. The molecule has 0 unspecified atom stereocenters. The van der Waals surface area contributed by atoms with E-state index in [1.807, 2.05) is 4.57 Å². The monoisotopic (exact) mass is 219 g/mol. The fourth-order valence-electron chi connectivity index (χ4n) is 2.07. The minimum atomic E-state index is 0.0225. The summed E-state index contributed by atoms with van der Waals surface area (Å²) in [5.41, 5.74) is 7.11. The number of aromatic nitrogens is 4. The number of nitrogens with zero attached hydrogens (tertiary/aromatic N) is 4. The van der Waals surface area contributed by atoms with Gasteiger partial charge < -0.3 is 10.5 Å². The number of imidazole rings is 1. The van der Waals surface area contributed by atoms with Crippen molar-refractivity contribution >= 4 is 17.0 Å². The summed E-state index contributed by atoms with van der Waals surface area (Å²) >= 11 is 0. The highest BCUT2D eigenvalue weighted by atomic mass is 16.5. The highest BCUT2D eigenvalue weighted by Crippen LogP contribution is 2.30. The first-order valence-corrected chi connectivity index (χ1v) is 5.34. The Hall–Kier alpha value is -1.69. The molecule has 0 aliphatic carbocycles. The van der Waals surface area contributed by atoms with Gasteiger partial charge in [-0.3, -0.25) is 4.57 Å². The predicted molar refractivity (Wildman–Crippen MR) is 58.6 cm³/mol. The van der Waals surface area contributed by atoms with Crippen LogP contribution >= 0.6 is 0 Å². The summed E-state index contributed by atoms with van der Waals surface area (Å²) in [6.07, 6.45) is 5.53. The zero-order valence-electron chi connectivity index (χ0n) is 9.00. The SMILES string of the molecule is C[C@@H]1CC[C@H](n2cnc3c(N)ncnc32)O1. The topological polar surface area (TPSA) is 78.9 Å². The Bertz CT molecular complexity index is 523. The maximum Gasteiger partial charge on any atom is 0.167 e. The molecule has 0 spiro atoms. The smallest absolute Gasteiger partial charge is 0.167 e. The van der Waals surface area contributed by atoms with Crippen LogP contribution < -0.4 is 5.73 Å². The fraction of sp³-hybridized carbons (Fsp3) is 0.500. The van der Waals surface area contributed by atoms with Gasteiger partial charge in [0.2, 0.25) is 0 Å². The van der Waals surface area contributed by atoms with Crippen LogP contribution in [0.1, 0.15) is 26.0 Å². The van der Waals surface area contributed by atoms with Gasteiger partial charge in [-0.05, 0) is 19.8 Å². The van der Waals surface area contributed by atoms with E-state index in [9.17, 15) is 0 Å². The van der Waals surface area contributed by atoms with Crippen LogP contribution in [0.2, 0.25) is 0 Å². The maximum absolute atomic E-state index is 5.78. The van der Waals surface area contributed by atoms with Crippen LogP contribution in [0.3, 0.4) is 0 Å². The lowest BCUT2D eigenvalue weighted by atomic mass is 10.2. The van der Waals surface area contributed by atoms with E-state index in [1.54, 1.807) is 6.33 Å². The molecule has 1 aliphatic rings. The van der Waals surface area contributed by atoms with Gasteiger partial charge in [-0.1, -0.05) is 0 Å². The predicted octanol–water partition coefficient (Wildman–Crippen LogP) is 1.11. The van der Waals surface area contributed by atoms with E-state index in [4.69, 9.17) is 10.5 Å². The van der Waals surface area contributed by atoms with Crippen LogP contribution in [0, 0.1) is 0 Å². The molecule has 0 bridgehead atoms.